The molecule has 0 aliphatic carbocycles. The summed E-state index contributed by atoms with van der Waals surface area (Å²) in [6.45, 7) is 2.16. The van der Waals surface area contributed by atoms with E-state index in [0.29, 0.717) is 23.9 Å². The molecule has 0 aromatic heterocycles. The Labute approximate surface area is 166 Å². The normalized spacial score (nSPS) is 15.1. The zero-order valence-electron chi connectivity index (χ0n) is 16.7. The summed E-state index contributed by atoms with van der Waals surface area (Å²) in [6, 6.07) is 13.6. The number of methoxy groups -OCH3 is 3. The van der Waals surface area contributed by atoms with E-state index < -0.39 is 0 Å². The van der Waals surface area contributed by atoms with Crippen LogP contribution in [0.4, 0.5) is 5.69 Å². The second-order valence-corrected chi connectivity index (χ2v) is 6.91. The first-order chi connectivity index (χ1) is 13.6. The molecule has 28 heavy (non-hydrogen) atoms. The predicted octanol–water partition coefficient (Wildman–Crippen LogP) is 3.53. The Morgan fingerprint density at radius 1 is 0.964 bits per heavy atom. The van der Waals surface area contributed by atoms with Gasteiger partial charge in [0.2, 0.25) is 5.91 Å². The molecule has 0 bridgehead atoms. The summed E-state index contributed by atoms with van der Waals surface area (Å²) in [4.78, 5) is 14.6. The number of para-hydroxylation sites is 2. The largest absolute Gasteiger partial charge is 0.495 e. The molecule has 0 saturated carbocycles. The first kappa shape index (κ1) is 20.0. The summed E-state index contributed by atoms with van der Waals surface area (Å²) >= 11 is 0. The van der Waals surface area contributed by atoms with Gasteiger partial charge in [0.1, 0.15) is 5.75 Å². The van der Waals surface area contributed by atoms with Crippen LogP contribution in [-0.4, -0.2) is 51.8 Å². The van der Waals surface area contributed by atoms with Crippen LogP contribution in [0.1, 0.15) is 24.3 Å². The number of carbonyl (C=O) groups excluding carboxylic acids is 1. The molecule has 150 valence electrons. The smallest absolute Gasteiger partial charge is 0.238 e. The maximum atomic E-state index is 12.4. The summed E-state index contributed by atoms with van der Waals surface area (Å²) in [7, 11) is 4.90. The first-order valence-corrected chi connectivity index (χ1v) is 9.51. The molecule has 1 N–H and O–H groups in total. The maximum Gasteiger partial charge on any atom is 0.238 e. The third-order valence-corrected chi connectivity index (χ3v) is 5.21. The standard InChI is InChI=1S/C22H28N2O4/c1-26-19-7-5-4-6-18(19)23-22(25)15-24-12-10-16(11-13-24)17-8-9-20(27-2)21(14-17)28-3/h4-9,14,16H,10-13,15H2,1-3H3,(H,23,25). The average Bonchev–Trinajstić information content (AvgIpc) is 2.74. The molecule has 0 unspecified atom stereocenters. The predicted molar refractivity (Wildman–Crippen MR) is 110 cm³/mol. The van der Waals surface area contributed by atoms with E-state index in [-0.39, 0.29) is 5.91 Å². The van der Waals surface area contributed by atoms with Crippen LogP contribution in [0, 0.1) is 0 Å². The lowest BCUT2D eigenvalue weighted by Gasteiger charge is -2.32. The van der Waals surface area contributed by atoms with E-state index in [0.717, 1.165) is 37.4 Å². The van der Waals surface area contributed by atoms with Crippen LogP contribution in [0.5, 0.6) is 17.2 Å². The quantitative estimate of drug-likeness (QED) is 0.791. The van der Waals surface area contributed by atoms with E-state index in [9.17, 15) is 4.79 Å². The van der Waals surface area contributed by atoms with E-state index in [1.807, 2.05) is 30.3 Å². The van der Waals surface area contributed by atoms with Gasteiger partial charge in [-0.15, -0.1) is 0 Å². The second kappa shape index (κ2) is 9.46. The van der Waals surface area contributed by atoms with Crippen LogP contribution in [0.2, 0.25) is 0 Å². The molecule has 2 aromatic carbocycles. The topological polar surface area (TPSA) is 60.0 Å². The Morgan fingerprint density at radius 3 is 2.32 bits per heavy atom. The fraction of sp³-hybridized carbons (Fsp3) is 0.409. The number of ether oxygens (including phenoxy) is 3. The van der Waals surface area contributed by atoms with Crippen molar-refractivity contribution in [3.05, 3.63) is 48.0 Å². The minimum Gasteiger partial charge on any atom is -0.495 e. The van der Waals surface area contributed by atoms with E-state index in [1.54, 1.807) is 21.3 Å². The number of rotatable bonds is 7. The number of hydrogen-bond donors (Lipinski definition) is 1. The van der Waals surface area contributed by atoms with Gasteiger partial charge in [-0.1, -0.05) is 18.2 Å². The van der Waals surface area contributed by atoms with Crippen molar-refractivity contribution in [3.63, 3.8) is 0 Å². The SMILES string of the molecule is COc1ccccc1NC(=O)CN1CCC(c2ccc(OC)c(OC)c2)CC1. The summed E-state index contributed by atoms with van der Waals surface area (Å²) in [5.74, 6) is 2.63. The molecule has 0 spiro atoms. The van der Waals surface area contributed by atoms with Gasteiger partial charge in [0.15, 0.2) is 11.5 Å². The Bertz CT molecular complexity index is 801. The van der Waals surface area contributed by atoms with Gasteiger partial charge in [0.25, 0.3) is 0 Å². The van der Waals surface area contributed by atoms with Gasteiger partial charge in [-0.2, -0.15) is 0 Å². The van der Waals surface area contributed by atoms with E-state index in [1.165, 1.54) is 5.56 Å². The first-order valence-electron chi connectivity index (χ1n) is 9.51. The molecule has 6 heteroatoms. The number of nitrogens with zero attached hydrogens (tertiary/aromatic N) is 1. The zero-order chi connectivity index (χ0) is 19.9. The number of nitrogens with one attached hydrogen (secondary N) is 1. The monoisotopic (exact) mass is 384 g/mol. The molecule has 1 aliphatic heterocycles. The van der Waals surface area contributed by atoms with E-state index in [2.05, 4.69) is 22.3 Å². The Balaban J connectivity index is 1.53. The highest BCUT2D eigenvalue weighted by Gasteiger charge is 2.23. The number of benzene rings is 2. The van der Waals surface area contributed by atoms with Crippen molar-refractivity contribution in [2.45, 2.75) is 18.8 Å². The molecular weight excluding hydrogens is 356 g/mol. The number of piperidine rings is 1. The average molecular weight is 384 g/mol. The highest BCUT2D eigenvalue weighted by atomic mass is 16.5. The Kier molecular flexibility index (Phi) is 6.76. The van der Waals surface area contributed by atoms with Crippen LogP contribution in [-0.2, 0) is 4.79 Å². The Morgan fingerprint density at radius 2 is 1.64 bits per heavy atom. The minimum atomic E-state index is -0.0194. The molecule has 0 radical (unpaired) electrons. The van der Waals surface area contributed by atoms with Crippen LogP contribution in [0.3, 0.4) is 0 Å². The Hall–Kier alpha value is -2.73. The van der Waals surface area contributed by atoms with Gasteiger partial charge in [0, 0.05) is 0 Å². The number of likely N-dealkylation sites (tertiary alicyclic amines) is 1. The van der Waals surface area contributed by atoms with Crippen molar-refractivity contribution in [1.29, 1.82) is 0 Å². The highest BCUT2D eigenvalue weighted by molar-refractivity contribution is 5.93. The molecule has 1 aliphatic rings. The number of hydrogen-bond acceptors (Lipinski definition) is 5. The van der Waals surface area contributed by atoms with Crippen molar-refractivity contribution >= 4 is 11.6 Å². The van der Waals surface area contributed by atoms with Crippen molar-refractivity contribution < 1.29 is 19.0 Å². The molecule has 3 rings (SSSR count). The number of carbonyl (C=O) groups is 1. The van der Waals surface area contributed by atoms with Crippen LogP contribution in [0.15, 0.2) is 42.5 Å². The van der Waals surface area contributed by atoms with Gasteiger partial charge in [-0.25, -0.2) is 0 Å². The summed E-state index contributed by atoms with van der Waals surface area (Å²) in [5, 5.41) is 2.94. The summed E-state index contributed by atoms with van der Waals surface area (Å²) < 4.78 is 16.0. The number of anilines is 1. The van der Waals surface area contributed by atoms with Gasteiger partial charge >= 0.3 is 0 Å². The third kappa shape index (κ3) is 4.75. The van der Waals surface area contributed by atoms with E-state index >= 15 is 0 Å². The van der Waals surface area contributed by atoms with Crippen molar-refractivity contribution in [2.24, 2.45) is 0 Å². The molecular formula is C22H28N2O4. The second-order valence-electron chi connectivity index (χ2n) is 6.91. The van der Waals surface area contributed by atoms with Gasteiger partial charge < -0.3 is 19.5 Å². The molecule has 6 nitrogen and oxygen atoms in total. The molecule has 1 amide bonds. The maximum absolute atomic E-state index is 12.4. The van der Waals surface area contributed by atoms with Crippen LogP contribution in [0.25, 0.3) is 0 Å². The van der Waals surface area contributed by atoms with Crippen molar-refractivity contribution in [1.82, 2.24) is 4.90 Å². The van der Waals surface area contributed by atoms with E-state index in [4.69, 9.17) is 14.2 Å². The molecule has 2 aromatic rings. The third-order valence-electron chi connectivity index (χ3n) is 5.21. The van der Waals surface area contributed by atoms with Crippen LogP contribution < -0.4 is 19.5 Å². The van der Waals surface area contributed by atoms with Gasteiger partial charge in [0.05, 0.1) is 33.6 Å². The molecule has 1 fully saturated rings. The zero-order valence-corrected chi connectivity index (χ0v) is 16.7. The lowest BCUT2D eigenvalue weighted by atomic mass is 9.89. The minimum absolute atomic E-state index is 0.0194. The lowest BCUT2D eigenvalue weighted by molar-refractivity contribution is -0.117. The fourth-order valence-electron chi connectivity index (χ4n) is 3.67. The van der Waals surface area contributed by atoms with Gasteiger partial charge in [-0.05, 0) is 61.7 Å². The summed E-state index contributed by atoms with van der Waals surface area (Å²) in [6.07, 6.45) is 2.02. The molecule has 1 heterocycles. The molecule has 1 saturated heterocycles. The fourth-order valence-corrected chi connectivity index (χ4v) is 3.67. The molecule has 0 atom stereocenters. The summed E-state index contributed by atoms with van der Waals surface area (Å²) in [5.41, 5.74) is 1.96. The number of amides is 1. The van der Waals surface area contributed by atoms with Crippen molar-refractivity contribution in [3.8, 4) is 17.2 Å². The lowest BCUT2D eigenvalue weighted by Crippen LogP contribution is -2.38. The highest BCUT2D eigenvalue weighted by Crippen LogP contribution is 2.34. The van der Waals surface area contributed by atoms with Crippen molar-refractivity contribution in [2.75, 3.05) is 46.3 Å². The van der Waals surface area contributed by atoms with Crippen LogP contribution >= 0.6 is 0 Å². The van der Waals surface area contributed by atoms with Gasteiger partial charge in [-0.3, -0.25) is 9.69 Å².